The maximum atomic E-state index is 4.63. The predicted molar refractivity (Wildman–Crippen MR) is 129 cm³/mol. The third-order valence-electron chi connectivity index (χ3n) is 5.23. The van der Waals surface area contributed by atoms with Gasteiger partial charge in [-0.3, -0.25) is 0 Å². The van der Waals surface area contributed by atoms with Crippen LogP contribution < -0.4 is 0 Å². The monoisotopic (exact) mass is 468 g/mol. The second-order valence-corrected chi connectivity index (χ2v) is 9.65. The molecule has 3 aliphatic rings. The zero-order valence-corrected chi connectivity index (χ0v) is 20.9. The number of H-pyrrole nitrogens is 2. The molecular weight excluding hydrogens is 448 g/mol. The maximum absolute atomic E-state index is 4.63. The Hall–Kier alpha value is -3.50. The molecule has 0 spiro atoms. The normalized spacial score (nSPS) is 14.2. The quantitative estimate of drug-likeness (QED) is 0.293. The molecule has 0 aromatic carbocycles. The molecular formula is C26H22N5Zn. The first-order valence-electron chi connectivity index (χ1n) is 10.5. The standard InChI is InChI=1S/C20H14N4.C6H8N.Zn/c1-2-14-10-16-5-6-18(23-16)12-20-8-7-19(24-20)11-17-4-3-15(22-17)9-13(1)21-14;1-7-5-3-2-4-6-7;/h1-12,21,24H;3-5H,6H2,1H3;. The Morgan fingerprint density at radius 2 is 1.09 bits per heavy atom. The van der Waals surface area contributed by atoms with Crippen molar-refractivity contribution in [1.29, 1.82) is 0 Å². The van der Waals surface area contributed by atoms with Crippen LogP contribution in [0.15, 0.2) is 71.1 Å². The summed E-state index contributed by atoms with van der Waals surface area (Å²) in [7, 11) is 2.08. The summed E-state index contributed by atoms with van der Waals surface area (Å²) >= 11 is 1.28. The molecule has 0 amide bonds. The summed E-state index contributed by atoms with van der Waals surface area (Å²) in [6.07, 6.45) is 14.6. The van der Waals surface area contributed by atoms with Crippen molar-refractivity contribution in [2.45, 2.75) is 0 Å². The first kappa shape index (κ1) is 20.4. The van der Waals surface area contributed by atoms with Crippen LogP contribution >= 0.6 is 0 Å². The topological polar surface area (TPSA) is 60.6 Å². The molecule has 32 heavy (non-hydrogen) atoms. The zero-order chi connectivity index (χ0) is 21.9. The second-order valence-electron chi connectivity index (χ2n) is 7.94. The van der Waals surface area contributed by atoms with Crippen molar-refractivity contribution in [2.75, 3.05) is 13.6 Å². The van der Waals surface area contributed by atoms with Crippen molar-refractivity contribution in [3.8, 4) is 0 Å². The van der Waals surface area contributed by atoms with E-state index >= 15 is 0 Å². The molecule has 8 bridgehead atoms. The number of allylic oxidation sites excluding steroid dienone is 2. The van der Waals surface area contributed by atoms with E-state index in [1.54, 1.807) is 0 Å². The molecule has 6 heteroatoms. The van der Waals surface area contributed by atoms with E-state index in [9.17, 15) is 0 Å². The Labute approximate surface area is 196 Å². The molecule has 0 saturated heterocycles. The van der Waals surface area contributed by atoms with Gasteiger partial charge in [0, 0.05) is 22.1 Å². The molecule has 0 fully saturated rings. The summed E-state index contributed by atoms with van der Waals surface area (Å²) in [5, 5.41) is 0. The Bertz CT molecular complexity index is 1260. The third kappa shape index (κ3) is 5.04. The van der Waals surface area contributed by atoms with E-state index in [0.29, 0.717) is 0 Å². The molecule has 6 heterocycles. The van der Waals surface area contributed by atoms with Crippen LogP contribution in [0.25, 0.3) is 46.4 Å². The van der Waals surface area contributed by atoms with Gasteiger partial charge >= 0.3 is 59.3 Å². The Kier molecular flexibility index (Phi) is 5.70. The molecule has 5 nitrogen and oxygen atoms in total. The minimum atomic E-state index is 0.939. The van der Waals surface area contributed by atoms with Gasteiger partial charge in [0.05, 0.1) is 22.8 Å². The second kappa shape index (κ2) is 8.93. The molecule has 0 atom stereocenters. The van der Waals surface area contributed by atoms with Gasteiger partial charge in [-0.15, -0.1) is 0 Å². The van der Waals surface area contributed by atoms with Crippen molar-refractivity contribution in [3.63, 3.8) is 0 Å². The van der Waals surface area contributed by atoms with Crippen LogP contribution in [-0.2, 0) is 18.3 Å². The van der Waals surface area contributed by atoms with Crippen molar-refractivity contribution in [3.05, 3.63) is 93.8 Å². The van der Waals surface area contributed by atoms with E-state index in [1.165, 1.54) is 22.5 Å². The van der Waals surface area contributed by atoms with Crippen molar-refractivity contribution < 1.29 is 18.3 Å². The van der Waals surface area contributed by atoms with Gasteiger partial charge in [-0.05, 0) is 72.8 Å². The van der Waals surface area contributed by atoms with E-state index < -0.39 is 0 Å². The summed E-state index contributed by atoms with van der Waals surface area (Å²) < 4.78 is 1.49. The molecule has 0 radical (unpaired) electrons. The third-order valence-corrected chi connectivity index (χ3v) is 6.33. The van der Waals surface area contributed by atoms with Gasteiger partial charge < -0.3 is 9.97 Å². The van der Waals surface area contributed by atoms with Gasteiger partial charge in [-0.1, -0.05) is 0 Å². The van der Waals surface area contributed by atoms with Gasteiger partial charge in [0.15, 0.2) is 0 Å². The number of nitrogens with zero attached hydrogens (tertiary/aromatic N) is 3. The van der Waals surface area contributed by atoms with Gasteiger partial charge in [-0.2, -0.15) is 0 Å². The van der Waals surface area contributed by atoms with Crippen LogP contribution in [0.2, 0.25) is 0 Å². The van der Waals surface area contributed by atoms with Crippen molar-refractivity contribution >= 4 is 46.4 Å². The average Bonchev–Trinajstić information content (AvgIpc) is 3.57. The average molecular weight is 470 g/mol. The number of aromatic amines is 2. The number of likely N-dealkylation sites (N-methyl/N-ethyl adjacent to an activating group) is 1. The molecule has 3 aromatic heterocycles. The SMILES string of the molecule is C1=Cc2cc3ccc(cc4nc(cc5ccc(cc1n2)[nH]5)C=C4)[nH]3.CN1C=C[C]([Zn])=CC1. The predicted octanol–water partition coefficient (Wildman–Crippen LogP) is 5.53. The van der Waals surface area contributed by atoms with Crippen LogP contribution in [-0.4, -0.2) is 38.4 Å². The Morgan fingerprint density at radius 3 is 1.41 bits per heavy atom. The molecule has 0 saturated carbocycles. The number of rotatable bonds is 0. The summed E-state index contributed by atoms with van der Waals surface area (Å²) in [5.41, 5.74) is 7.86. The van der Waals surface area contributed by atoms with Crippen LogP contribution in [0, 0.1) is 0 Å². The number of aromatic nitrogens is 4. The fourth-order valence-corrected chi connectivity index (χ4v) is 4.05. The number of nitrogens with one attached hydrogen (secondary N) is 2. The summed E-state index contributed by atoms with van der Waals surface area (Å²) in [4.78, 5) is 18.2. The first-order valence-corrected chi connectivity index (χ1v) is 12.0. The van der Waals surface area contributed by atoms with Gasteiger partial charge in [0.2, 0.25) is 0 Å². The van der Waals surface area contributed by atoms with Crippen LogP contribution in [0.4, 0.5) is 0 Å². The van der Waals surface area contributed by atoms with Crippen molar-refractivity contribution in [2.24, 2.45) is 0 Å². The van der Waals surface area contributed by atoms with Crippen molar-refractivity contribution in [1.82, 2.24) is 24.8 Å². The van der Waals surface area contributed by atoms with Gasteiger partial charge in [-0.25, -0.2) is 9.97 Å². The van der Waals surface area contributed by atoms with Crippen LogP contribution in [0.3, 0.4) is 0 Å². The van der Waals surface area contributed by atoms with Crippen LogP contribution in [0.1, 0.15) is 22.8 Å². The molecule has 0 unspecified atom stereocenters. The Morgan fingerprint density at radius 1 is 0.688 bits per heavy atom. The van der Waals surface area contributed by atoms with E-state index in [4.69, 9.17) is 0 Å². The molecule has 0 aliphatic carbocycles. The molecule has 153 valence electrons. The van der Waals surface area contributed by atoms with Crippen LogP contribution in [0.5, 0.6) is 0 Å². The number of hydrogen-bond acceptors (Lipinski definition) is 3. The van der Waals surface area contributed by atoms with Gasteiger partial charge in [0.25, 0.3) is 0 Å². The minimum absolute atomic E-state index is 0.939. The van der Waals surface area contributed by atoms with Gasteiger partial charge in [0.1, 0.15) is 0 Å². The first-order chi connectivity index (χ1) is 15.6. The molecule has 2 N–H and O–H groups in total. The summed E-state index contributed by atoms with van der Waals surface area (Å²) in [6, 6.07) is 16.4. The van der Waals surface area contributed by atoms with E-state index in [-0.39, 0.29) is 0 Å². The molecule has 6 rings (SSSR count). The number of fused-ring (bicyclic) bond motifs is 8. The zero-order valence-electron chi connectivity index (χ0n) is 17.9. The number of hydrogen-bond donors (Lipinski definition) is 2. The van der Waals surface area contributed by atoms with E-state index in [1.807, 2.05) is 48.6 Å². The van der Waals surface area contributed by atoms with E-state index in [0.717, 1.165) is 51.4 Å². The Balaban J connectivity index is 0.000000230. The summed E-state index contributed by atoms with van der Waals surface area (Å²) in [5.74, 6) is 0. The summed E-state index contributed by atoms with van der Waals surface area (Å²) in [6.45, 7) is 1.09. The molecule has 3 aliphatic heterocycles. The fraction of sp³-hybridized carbons (Fsp3) is 0.0769. The fourth-order valence-electron chi connectivity index (χ4n) is 3.56. The van der Waals surface area contributed by atoms with E-state index in [2.05, 4.69) is 74.5 Å². The molecule has 3 aromatic rings.